The van der Waals surface area contributed by atoms with Crippen LogP contribution in [0.5, 0.6) is 0 Å². The maximum Gasteiger partial charge on any atom is 0.325 e. The maximum atomic E-state index is 12.2. The van der Waals surface area contributed by atoms with Gasteiger partial charge in [0.15, 0.2) is 0 Å². The minimum absolute atomic E-state index is 0.0519. The molecule has 9 heteroatoms. The zero-order valence-corrected chi connectivity index (χ0v) is 10.1. The van der Waals surface area contributed by atoms with Gasteiger partial charge in [-0.05, 0) is 6.42 Å². The van der Waals surface area contributed by atoms with Crippen LogP contribution in [0.3, 0.4) is 0 Å². The lowest BCUT2D eigenvalue weighted by molar-refractivity contribution is -0.384. The number of rotatable bonds is 4. The minimum Gasteiger partial charge on any atom is -0.296 e. The minimum atomic E-state index is -2.38. The highest BCUT2D eigenvalue weighted by molar-refractivity contribution is 6.31. The van der Waals surface area contributed by atoms with Gasteiger partial charge in [-0.25, -0.2) is 13.5 Å². The molecule has 1 atom stereocenters. The van der Waals surface area contributed by atoms with Gasteiger partial charge in [0.2, 0.25) is 5.15 Å². The molecule has 0 spiro atoms. The Morgan fingerprint density at radius 2 is 2.39 bits per heavy atom. The molecule has 1 aliphatic rings. The number of nitrogens with zero attached hydrogens (tertiary/aromatic N) is 4. The molecule has 0 bridgehead atoms. The van der Waals surface area contributed by atoms with Crippen molar-refractivity contribution in [3.63, 3.8) is 0 Å². The van der Waals surface area contributed by atoms with Crippen LogP contribution in [0.4, 0.5) is 14.5 Å². The summed E-state index contributed by atoms with van der Waals surface area (Å²) < 4.78 is 25.8. The van der Waals surface area contributed by atoms with E-state index in [0.717, 1.165) is 6.20 Å². The summed E-state index contributed by atoms with van der Waals surface area (Å²) in [4.78, 5) is 11.6. The fourth-order valence-corrected chi connectivity index (χ4v) is 2.39. The number of alkyl halides is 2. The second kappa shape index (κ2) is 5.15. The second-order valence-corrected chi connectivity index (χ2v) is 4.47. The number of hydrogen-bond donors (Lipinski definition) is 0. The lowest BCUT2D eigenvalue weighted by Gasteiger charge is -2.15. The van der Waals surface area contributed by atoms with Gasteiger partial charge >= 0.3 is 5.69 Å². The molecule has 18 heavy (non-hydrogen) atoms. The fourth-order valence-electron chi connectivity index (χ4n) is 2.09. The summed E-state index contributed by atoms with van der Waals surface area (Å²) in [6, 6.07) is -0.190. The van der Waals surface area contributed by atoms with Gasteiger partial charge in [0.25, 0.3) is 6.43 Å². The van der Waals surface area contributed by atoms with Crippen molar-refractivity contribution in [3.05, 3.63) is 21.5 Å². The lowest BCUT2D eigenvalue weighted by atomic mass is 10.3. The number of likely N-dealkylation sites (tertiary alicyclic amines) is 1. The predicted molar refractivity (Wildman–Crippen MR) is 60.0 cm³/mol. The first kappa shape index (κ1) is 13.2. The summed E-state index contributed by atoms with van der Waals surface area (Å²) in [7, 11) is 0. The summed E-state index contributed by atoms with van der Waals surface area (Å²) in [5.41, 5.74) is -0.260. The Morgan fingerprint density at radius 3 is 2.94 bits per heavy atom. The van der Waals surface area contributed by atoms with E-state index in [0.29, 0.717) is 19.5 Å². The van der Waals surface area contributed by atoms with Gasteiger partial charge in [0.1, 0.15) is 6.20 Å². The Labute approximate surface area is 106 Å². The smallest absolute Gasteiger partial charge is 0.296 e. The zero-order chi connectivity index (χ0) is 13.3. The molecule has 6 nitrogen and oxygen atoms in total. The largest absolute Gasteiger partial charge is 0.325 e. The molecule has 1 unspecified atom stereocenters. The van der Waals surface area contributed by atoms with Crippen LogP contribution in [0.15, 0.2) is 6.20 Å². The quantitative estimate of drug-likeness (QED) is 0.625. The lowest BCUT2D eigenvalue weighted by Crippen LogP contribution is -2.27. The molecule has 0 aliphatic carbocycles. The third kappa shape index (κ3) is 2.59. The van der Waals surface area contributed by atoms with Crippen molar-refractivity contribution in [2.45, 2.75) is 18.9 Å². The molecule has 2 rings (SSSR count). The Hall–Kier alpha value is -1.28. The Kier molecular flexibility index (Phi) is 3.76. The van der Waals surface area contributed by atoms with Gasteiger partial charge in [-0.1, -0.05) is 11.6 Å². The zero-order valence-electron chi connectivity index (χ0n) is 9.30. The number of nitro groups is 1. The van der Waals surface area contributed by atoms with E-state index in [1.54, 1.807) is 4.90 Å². The molecule has 1 aromatic rings. The van der Waals surface area contributed by atoms with E-state index in [-0.39, 0.29) is 23.4 Å². The number of hydrogen-bond acceptors (Lipinski definition) is 4. The second-order valence-electron chi connectivity index (χ2n) is 4.12. The van der Waals surface area contributed by atoms with Crippen molar-refractivity contribution in [1.29, 1.82) is 0 Å². The Balaban J connectivity index is 2.08. The van der Waals surface area contributed by atoms with Gasteiger partial charge in [0.05, 0.1) is 17.5 Å². The molecule has 100 valence electrons. The molecule has 2 heterocycles. The van der Waals surface area contributed by atoms with Crippen LogP contribution in [0.2, 0.25) is 5.15 Å². The molecule has 0 aromatic carbocycles. The number of aromatic nitrogens is 2. The van der Waals surface area contributed by atoms with Crippen molar-refractivity contribution in [2.24, 2.45) is 0 Å². The van der Waals surface area contributed by atoms with Crippen LogP contribution in [-0.2, 0) is 0 Å². The van der Waals surface area contributed by atoms with Crippen molar-refractivity contribution in [1.82, 2.24) is 14.7 Å². The molecule has 0 radical (unpaired) electrons. The van der Waals surface area contributed by atoms with E-state index in [1.807, 2.05) is 0 Å². The molecule has 0 amide bonds. The van der Waals surface area contributed by atoms with E-state index < -0.39 is 11.3 Å². The molecule has 1 saturated heterocycles. The van der Waals surface area contributed by atoms with Crippen molar-refractivity contribution in [3.8, 4) is 0 Å². The maximum absolute atomic E-state index is 12.2. The van der Waals surface area contributed by atoms with E-state index in [2.05, 4.69) is 5.10 Å². The van der Waals surface area contributed by atoms with E-state index in [9.17, 15) is 18.9 Å². The van der Waals surface area contributed by atoms with Gasteiger partial charge in [-0.2, -0.15) is 5.10 Å². The van der Waals surface area contributed by atoms with E-state index >= 15 is 0 Å². The molecule has 1 aromatic heterocycles. The first-order chi connectivity index (χ1) is 8.49. The highest BCUT2D eigenvalue weighted by atomic mass is 35.5. The van der Waals surface area contributed by atoms with Crippen LogP contribution in [-0.4, -0.2) is 45.7 Å². The standard InChI is InChI=1S/C9H11ClF2N4O2/c10-9-7(16(17)18)3-13-15(9)6-1-2-14(4-6)5-8(11)12/h3,6,8H,1-2,4-5H2. The van der Waals surface area contributed by atoms with Crippen molar-refractivity contribution < 1.29 is 13.7 Å². The van der Waals surface area contributed by atoms with E-state index in [4.69, 9.17) is 11.6 Å². The Bertz CT molecular complexity index is 454. The predicted octanol–water partition coefficient (Wildman–Crippen LogP) is 1.96. The third-order valence-corrected chi connectivity index (χ3v) is 3.27. The highest BCUT2D eigenvalue weighted by Gasteiger charge is 2.30. The average molecular weight is 281 g/mol. The molecule has 0 N–H and O–H groups in total. The molecular formula is C9H11ClF2N4O2. The Morgan fingerprint density at radius 1 is 1.67 bits per heavy atom. The number of halogens is 3. The van der Waals surface area contributed by atoms with Gasteiger partial charge in [-0.15, -0.1) is 0 Å². The summed E-state index contributed by atoms with van der Waals surface area (Å²) in [5.74, 6) is 0. The van der Waals surface area contributed by atoms with Crippen molar-refractivity contribution in [2.75, 3.05) is 19.6 Å². The first-order valence-corrected chi connectivity index (χ1v) is 5.74. The molecule has 1 fully saturated rings. The molecular weight excluding hydrogens is 270 g/mol. The van der Waals surface area contributed by atoms with Crippen LogP contribution < -0.4 is 0 Å². The first-order valence-electron chi connectivity index (χ1n) is 5.37. The van der Waals surface area contributed by atoms with Crippen LogP contribution >= 0.6 is 11.6 Å². The van der Waals surface area contributed by atoms with E-state index in [1.165, 1.54) is 4.68 Å². The van der Waals surface area contributed by atoms with Gasteiger partial charge < -0.3 is 0 Å². The summed E-state index contributed by atoms with van der Waals surface area (Å²) in [6.45, 7) is 0.597. The molecule has 1 aliphatic heterocycles. The average Bonchev–Trinajstić information content (AvgIpc) is 2.83. The topological polar surface area (TPSA) is 64.2 Å². The van der Waals surface area contributed by atoms with Gasteiger partial charge in [0, 0.05) is 13.1 Å². The van der Waals surface area contributed by atoms with Crippen LogP contribution in [0.25, 0.3) is 0 Å². The molecule has 0 saturated carbocycles. The summed E-state index contributed by atoms with van der Waals surface area (Å²) in [5, 5.41) is 14.4. The fraction of sp³-hybridized carbons (Fsp3) is 0.667. The van der Waals surface area contributed by atoms with Crippen LogP contribution in [0.1, 0.15) is 12.5 Å². The normalized spacial score (nSPS) is 20.8. The monoisotopic (exact) mass is 280 g/mol. The van der Waals surface area contributed by atoms with Crippen LogP contribution in [0, 0.1) is 10.1 Å². The SMILES string of the molecule is O=[N+]([O-])c1cnn(C2CCN(CC(F)F)C2)c1Cl. The van der Waals surface area contributed by atoms with Gasteiger partial charge in [-0.3, -0.25) is 15.0 Å². The van der Waals surface area contributed by atoms with Crippen molar-refractivity contribution >= 4 is 17.3 Å². The summed E-state index contributed by atoms with van der Waals surface area (Å²) in [6.07, 6.45) is -0.699. The highest BCUT2D eigenvalue weighted by Crippen LogP contribution is 2.30. The third-order valence-electron chi connectivity index (χ3n) is 2.90. The summed E-state index contributed by atoms with van der Waals surface area (Å²) >= 11 is 5.84.